The Labute approximate surface area is 106 Å². The lowest BCUT2D eigenvalue weighted by atomic mass is 9.82. The van der Waals surface area contributed by atoms with Gasteiger partial charge in [-0.2, -0.15) is 0 Å². The maximum absolute atomic E-state index is 11.1. The zero-order valence-corrected chi connectivity index (χ0v) is 12.1. The standard InChI is InChI=1S/C13H27NO2S/c1-3-14-13(10-7-11-17(2,15)16)12-8-5-4-6-9-12/h12-14H,3-11H2,1-2H3. The third-order valence-electron chi connectivity index (χ3n) is 3.72. The van der Waals surface area contributed by atoms with Crippen molar-refractivity contribution in [2.75, 3.05) is 18.6 Å². The molecular weight excluding hydrogens is 234 g/mol. The minimum Gasteiger partial charge on any atom is -0.314 e. The molecule has 1 aliphatic carbocycles. The van der Waals surface area contributed by atoms with Crippen LogP contribution in [0.25, 0.3) is 0 Å². The van der Waals surface area contributed by atoms with Gasteiger partial charge >= 0.3 is 0 Å². The molecule has 1 saturated carbocycles. The van der Waals surface area contributed by atoms with Crippen LogP contribution in [0, 0.1) is 5.92 Å². The molecule has 3 nitrogen and oxygen atoms in total. The van der Waals surface area contributed by atoms with Crippen molar-refractivity contribution in [2.45, 2.75) is 57.9 Å². The van der Waals surface area contributed by atoms with Crippen LogP contribution in [-0.2, 0) is 9.84 Å². The molecule has 1 fully saturated rings. The van der Waals surface area contributed by atoms with Gasteiger partial charge < -0.3 is 5.32 Å². The third-order valence-corrected chi connectivity index (χ3v) is 4.75. The first-order chi connectivity index (χ1) is 8.03. The van der Waals surface area contributed by atoms with Gasteiger partial charge in [-0.25, -0.2) is 8.42 Å². The molecule has 1 unspecified atom stereocenters. The van der Waals surface area contributed by atoms with E-state index in [4.69, 9.17) is 0 Å². The van der Waals surface area contributed by atoms with Gasteiger partial charge in [0.1, 0.15) is 9.84 Å². The number of sulfone groups is 1. The molecule has 1 atom stereocenters. The van der Waals surface area contributed by atoms with Gasteiger partial charge in [0.15, 0.2) is 0 Å². The molecule has 0 spiro atoms. The second-order valence-electron chi connectivity index (χ2n) is 5.33. The van der Waals surface area contributed by atoms with Gasteiger partial charge in [-0.1, -0.05) is 26.2 Å². The zero-order chi connectivity index (χ0) is 12.7. The van der Waals surface area contributed by atoms with Crippen LogP contribution < -0.4 is 5.32 Å². The Balaban J connectivity index is 2.36. The molecule has 1 N–H and O–H groups in total. The fraction of sp³-hybridized carbons (Fsp3) is 1.00. The Morgan fingerprint density at radius 1 is 1.24 bits per heavy atom. The van der Waals surface area contributed by atoms with Crippen molar-refractivity contribution in [1.29, 1.82) is 0 Å². The molecule has 0 bridgehead atoms. The topological polar surface area (TPSA) is 46.2 Å². The minimum atomic E-state index is -2.79. The number of nitrogens with one attached hydrogen (secondary N) is 1. The summed E-state index contributed by atoms with van der Waals surface area (Å²) in [5.74, 6) is 1.10. The quantitative estimate of drug-likeness (QED) is 0.765. The van der Waals surface area contributed by atoms with E-state index in [0.29, 0.717) is 11.8 Å². The van der Waals surface area contributed by atoms with Crippen LogP contribution in [0.5, 0.6) is 0 Å². The second kappa shape index (κ2) is 7.37. The average Bonchev–Trinajstić information content (AvgIpc) is 2.27. The van der Waals surface area contributed by atoms with Gasteiger partial charge in [0.05, 0.1) is 0 Å². The summed E-state index contributed by atoms with van der Waals surface area (Å²) in [6.45, 7) is 3.12. The fourth-order valence-electron chi connectivity index (χ4n) is 2.87. The van der Waals surface area contributed by atoms with Crippen molar-refractivity contribution < 1.29 is 8.42 Å². The fourth-order valence-corrected chi connectivity index (χ4v) is 3.56. The molecule has 0 aromatic heterocycles. The monoisotopic (exact) mass is 261 g/mol. The largest absolute Gasteiger partial charge is 0.314 e. The van der Waals surface area contributed by atoms with Crippen LogP contribution in [0.2, 0.25) is 0 Å². The first-order valence-corrected chi connectivity index (χ1v) is 9.00. The molecule has 1 rings (SSSR count). The Kier molecular flexibility index (Phi) is 6.49. The Morgan fingerprint density at radius 2 is 1.88 bits per heavy atom. The summed E-state index contributed by atoms with van der Waals surface area (Å²) in [7, 11) is -2.79. The second-order valence-corrected chi connectivity index (χ2v) is 7.59. The first-order valence-electron chi connectivity index (χ1n) is 6.94. The Hall–Kier alpha value is -0.0900. The SMILES string of the molecule is CCNC(CCCS(C)(=O)=O)C1CCCCC1. The summed E-state index contributed by atoms with van der Waals surface area (Å²) in [4.78, 5) is 0. The lowest BCUT2D eigenvalue weighted by Crippen LogP contribution is -2.37. The summed E-state index contributed by atoms with van der Waals surface area (Å²) < 4.78 is 22.3. The van der Waals surface area contributed by atoms with E-state index in [1.807, 2.05) is 0 Å². The van der Waals surface area contributed by atoms with Crippen molar-refractivity contribution >= 4 is 9.84 Å². The highest BCUT2D eigenvalue weighted by Gasteiger charge is 2.22. The van der Waals surface area contributed by atoms with Gasteiger partial charge in [-0.3, -0.25) is 0 Å². The minimum absolute atomic E-state index is 0.335. The molecule has 0 aromatic carbocycles. The van der Waals surface area contributed by atoms with Crippen LogP contribution in [0.4, 0.5) is 0 Å². The molecule has 0 aliphatic heterocycles. The van der Waals surface area contributed by atoms with E-state index in [1.165, 1.54) is 38.4 Å². The molecular formula is C13H27NO2S. The molecule has 17 heavy (non-hydrogen) atoms. The summed E-state index contributed by atoms with van der Waals surface area (Å²) in [5, 5.41) is 3.54. The molecule has 0 saturated heterocycles. The predicted octanol–water partition coefficient (Wildman–Crippen LogP) is 2.37. The molecule has 0 aromatic rings. The average molecular weight is 261 g/mol. The molecule has 0 radical (unpaired) electrons. The number of rotatable bonds is 7. The number of hydrogen-bond donors (Lipinski definition) is 1. The summed E-state index contributed by atoms with van der Waals surface area (Å²) >= 11 is 0. The molecule has 4 heteroatoms. The molecule has 0 heterocycles. The number of hydrogen-bond acceptors (Lipinski definition) is 3. The van der Waals surface area contributed by atoms with Gasteiger partial charge in [0.2, 0.25) is 0 Å². The van der Waals surface area contributed by atoms with Gasteiger partial charge in [-0.05, 0) is 38.1 Å². The van der Waals surface area contributed by atoms with Crippen LogP contribution in [0.1, 0.15) is 51.9 Å². The Bertz CT molecular complexity index is 295. The zero-order valence-electron chi connectivity index (χ0n) is 11.2. The highest BCUT2D eigenvalue weighted by molar-refractivity contribution is 7.90. The highest BCUT2D eigenvalue weighted by atomic mass is 32.2. The van der Waals surface area contributed by atoms with Crippen molar-refractivity contribution in [2.24, 2.45) is 5.92 Å². The lowest BCUT2D eigenvalue weighted by Gasteiger charge is -2.31. The summed E-state index contributed by atoms with van der Waals surface area (Å²) in [6.07, 6.45) is 9.83. The smallest absolute Gasteiger partial charge is 0.147 e. The van der Waals surface area contributed by atoms with E-state index < -0.39 is 9.84 Å². The van der Waals surface area contributed by atoms with E-state index in [0.717, 1.165) is 25.3 Å². The normalized spacial score (nSPS) is 20.4. The van der Waals surface area contributed by atoms with Gasteiger partial charge in [0.25, 0.3) is 0 Å². The molecule has 0 amide bonds. The lowest BCUT2D eigenvalue weighted by molar-refractivity contribution is 0.259. The highest BCUT2D eigenvalue weighted by Crippen LogP contribution is 2.28. The van der Waals surface area contributed by atoms with Crippen LogP contribution in [0.3, 0.4) is 0 Å². The van der Waals surface area contributed by atoms with E-state index in [1.54, 1.807) is 0 Å². The summed E-state index contributed by atoms with van der Waals surface area (Å²) in [5.41, 5.74) is 0. The maximum atomic E-state index is 11.1. The van der Waals surface area contributed by atoms with Crippen molar-refractivity contribution in [3.63, 3.8) is 0 Å². The first kappa shape index (κ1) is 15.0. The molecule has 102 valence electrons. The van der Waals surface area contributed by atoms with Crippen molar-refractivity contribution in [1.82, 2.24) is 5.32 Å². The van der Waals surface area contributed by atoms with Crippen LogP contribution in [0.15, 0.2) is 0 Å². The Morgan fingerprint density at radius 3 is 2.41 bits per heavy atom. The van der Waals surface area contributed by atoms with E-state index in [-0.39, 0.29) is 0 Å². The van der Waals surface area contributed by atoms with Crippen molar-refractivity contribution in [3.8, 4) is 0 Å². The van der Waals surface area contributed by atoms with E-state index >= 15 is 0 Å². The third kappa shape index (κ3) is 6.41. The summed E-state index contributed by atoms with van der Waals surface area (Å²) in [6, 6.07) is 0.530. The molecule has 1 aliphatic rings. The van der Waals surface area contributed by atoms with E-state index in [9.17, 15) is 8.42 Å². The van der Waals surface area contributed by atoms with Crippen LogP contribution >= 0.6 is 0 Å². The predicted molar refractivity (Wildman–Crippen MR) is 73.0 cm³/mol. The van der Waals surface area contributed by atoms with Crippen LogP contribution in [-0.4, -0.2) is 33.0 Å². The van der Waals surface area contributed by atoms with E-state index in [2.05, 4.69) is 12.2 Å². The van der Waals surface area contributed by atoms with Gasteiger partial charge in [0, 0.05) is 18.1 Å². The van der Waals surface area contributed by atoms with Gasteiger partial charge in [-0.15, -0.1) is 0 Å². The van der Waals surface area contributed by atoms with Crippen molar-refractivity contribution in [3.05, 3.63) is 0 Å². The maximum Gasteiger partial charge on any atom is 0.147 e.